The number of hydrogen-bond donors (Lipinski definition) is 1. The van der Waals surface area contributed by atoms with Gasteiger partial charge >= 0.3 is 0 Å². The Morgan fingerprint density at radius 2 is 2.25 bits per heavy atom. The maximum Gasteiger partial charge on any atom is 0.295 e. The van der Waals surface area contributed by atoms with Gasteiger partial charge in [0.25, 0.3) is 11.6 Å². The SMILES string of the molecule is Cn1ncc(N2CC[C@H](CNc3nc4ccccc4o3)C2)cc1=O. The van der Waals surface area contributed by atoms with Crippen molar-refractivity contribution in [1.29, 1.82) is 0 Å². The van der Waals surface area contributed by atoms with E-state index in [2.05, 4.69) is 20.3 Å². The fourth-order valence-electron chi connectivity index (χ4n) is 3.05. The van der Waals surface area contributed by atoms with E-state index in [1.165, 1.54) is 4.68 Å². The number of para-hydroxylation sites is 2. The summed E-state index contributed by atoms with van der Waals surface area (Å²) in [6, 6.07) is 9.93. The smallest absolute Gasteiger partial charge is 0.295 e. The molecule has 1 saturated heterocycles. The van der Waals surface area contributed by atoms with Crippen LogP contribution in [0.25, 0.3) is 11.1 Å². The summed E-state index contributed by atoms with van der Waals surface area (Å²) in [6.07, 6.45) is 2.81. The maximum atomic E-state index is 11.7. The molecule has 0 spiro atoms. The summed E-state index contributed by atoms with van der Waals surface area (Å²) >= 11 is 0. The monoisotopic (exact) mass is 325 g/mol. The molecule has 0 aliphatic carbocycles. The first-order valence-corrected chi connectivity index (χ1v) is 8.07. The topological polar surface area (TPSA) is 76.2 Å². The third kappa shape index (κ3) is 2.84. The summed E-state index contributed by atoms with van der Waals surface area (Å²) in [6.45, 7) is 2.61. The van der Waals surface area contributed by atoms with E-state index in [0.717, 1.165) is 42.8 Å². The number of nitrogens with zero attached hydrogens (tertiary/aromatic N) is 4. The van der Waals surface area contributed by atoms with Gasteiger partial charge in [-0.1, -0.05) is 12.1 Å². The summed E-state index contributed by atoms with van der Waals surface area (Å²) in [7, 11) is 1.66. The second kappa shape index (κ2) is 5.99. The minimum atomic E-state index is -0.0828. The molecule has 1 aliphatic heterocycles. The molecule has 0 bridgehead atoms. The Kier molecular flexibility index (Phi) is 3.68. The van der Waals surface area contributed by atoms with Crippen LogP contribution in [0.5, 0.6) is 0 Å². The number of oxazole rings is 1. The fraction of sp³-hybridized carbons (Fsp3) is 0.353. The molecule has 0 radical (unpaired) electrons. The predicted octanol–water partition coefficient (Wildman–Crippen LogP) is 1.86. The lowest BCUT2D eigenvalue weighted by atomic mass is 10.1. The van der Waals surface area contributed by atoms with Crippen LogP contribution in [0.1, 0.15) is 6.42 Å². The Hall–Kier alpha value is -2.83. The van der Waals surface area contributed by atoms with Gasteiger partial charge in [0.05, 0.1) is 11.9 Å². The molecule has 1 atom stereocenters. The van der Waals surface area contributed by atoms with Gasteiger partial charge in [0.1, 0.15) is 5.52 Å². The third-order valence-corrected chi connectivity index (χ3v) is 4.44. The summed E-state index contributed by atoms with van der Waals surface area (Å²) in [4.78, 5) is 18.3. The van der Waals surface area contributed by atoms with Crippen LogP contribution in [0.3, 0.4) is 0 Å². The van der Waals surface area contributed by atoms with Crippen molar-refractivity contribution in [3.63, 3.8) is 0 Å². The zero-order chi connectivity index (χ0) is 16.5. The largest absolute Gasteiger partial charge is 0.424 e. The zero-order valence-electron chi connectivity index (χ0n) is 13.5. The molecular formula is C17H19N5O2. The zero-order valence-corrected chi connectivity index (χ0v) is 13.5. The van der Waals surface area contributed by atoms with Crippen molar-refractivity contribution in [3.8, 4) is 0 Å². The van der Waals surface area contributed by atoms with E-state index in [1.807, 2.05) is 24.3 Å². The highest BCUT2D eigenvalue weighted by atomic mass is 16.4. The van der Waals surface area contributed by atoms with E-state index in [9.17, 15) is 4.79 Å². The number of rotatable bonds is 4. The summed E-state index contributed by atoms with van der Waals surface area (Å²) in [5, 5.41) is 7.37. The van der Waals surface area contributed by atoms with E-state index in [0.29, 0.717) is 11.9 Å². The molecule has 3 heterocycles. The van der Waals surface area contributed by atoms with Crippen molar-refractivity contribution in [1.82, 2.24) is 14.8 Å². The van der Waals surface area contributed by atoms with Gasteiger partial charge in [-0.25, -0.2) is 4.68 Å². The highest BCUT2D eigenvalue weighted by molar-refractivity contribution is 5.74. The Balaban J connectivity index is 1.38. The van der Waals surface area contributed by atoms with Crippen molar-refractivity contribution < 1.29 is 4.42 Å². The van der Waals surface area contributed by atoms with Crippen LogP contribution in [-0.2, 0) is 7.05 Å². The lowest BCUT2D eigenvalue weighted by Crippen LogP contribution is -2.26. The molecule has 1 fully saturated rings. The predicted molar refractivity (Wildman–Crippen MR) is 92.3 cm³/mol. The second-order valence-electron chi connectivity index (χ2n) is 6.14. The van der Waals surface area contributed by atoms with Crippen molar-refractivity contribution in [2.45, 2.75) is 6.42 Å². The number of aryl methyl sites for hydroxylation is 1. The number of anilines is 2. The van der Waals surface area contributed by atoms with Gasteiger partial charge in [0, 0.05) is 32.7 Å². The second-order valence-corrected chi connectivity index (χ2v) is 6.14. The molecule has 2 aromatic heterocycles. The van der Waals surface area contributed by atoms with Gasteiger partial charge in [0.2, 0.25) is 0 Å². The van der Waals surface area contributed by atoms with Crippen LogP contribution in [0, 0.1) is 5.92 Å². The quantitative estimate of drug-likeness (QED) is 0.789. The molecule has 7 heteroatoms. The third-order valence-electron chi connectivity index (χ3n) is 4.44. The van der Waals surface area contributed by atoms with Crippen LogP contribution in [0.4, 0.5) is 11.7 Å². The standard InChI is InChI=1S/C17H19N5O2/c1-21-16(23)8-13(10-19-21)22-7-6-12(11-22)9-18-17-20-14-4-2-3-5-15(14)24-17/h2-5,8,10,12H,6-7,9,11H2,1H3,(H,18,20)/t12-/m1/s1. The molecule has 0 amide bonds. The van der Waals surface area contributed by atoms with E-state index >= 15 is 0 Å². The molecule has 1 aromatic carbocycles. The Morgan fingerprint density at radius 1 is 1.38 bits per heavy atom. The summed E-state index contributed by atoms with van der Waals surface area (Å²) < 4.78 is 7.02. The molecule has 3 aromatic rings. The Bertz CT molecular complexity index is 883. The van der Waals surface area contributed by atoms with E-state index in [4.69, 9.17) is 4.42 Å². The van der Waals surface area contributed by atoms with Crippen LogP contribution in [0.15, 0.2) is 45.7 Å². The first kappa shape index (κ1) is 14.7. The minimum Gasteiger partial charge on any atom is -0.424 e. The van der Waals surface area contributed by atoms with Crippen LogP contribution in [-0.4, -0.2) is 34.4 Å². The molecule has 4 rings (SSSR count). The van der Waals surface area contributed by atoms with Gasteiger partial charge in [-0.2, -0.15) is 10.1 Å². The molecule has 1 N–H and O–H groups in total. The Labute approximate surface area is 138 Å². The number of nitrogens with one attached hydrogen (secondary N) is 1. The van der Waals surface area contributed by atoms with E-state index < -0.39 is 0 Å². The maximum absolute atomic E-state index is 11.7. The molecule has 124 valence electrons. The number of fused-ring (bicyclic) bond motifs is 1. The van der Waals surface area contributed by atoms with Gasteiger partial charge in [-0.3, -0.25) is 4.79 Å². The minimum absolute atomic E-state index is 0.0828. The van der Waals surface area contributed by atoms with Crippen molar-refractivity contribution in [2.75, 3.05) is 29.9 Å². The van der Waals surface area contributed by atoms with Crippen LogP contribution >= 0.6 is 0 Å². The average molecular weight is 325 g/mol. The van der Waals surface area contributed by atoms with Crippen molar-refractivity contribution in [3.05, 3.63) is 46.9 Å². The lowest BCUT2D eigenvalue weighted by molar-refractivity contribution is 0.577. The molecule has 24 heavy (non-hydrogen) atoms. The van der Waals surface area contributed by atoms with Gasteiger partial charge in [-0.05, 0) is 24.5 Å². The normalized spacial score (nSPS) is 17.5. The number of hydrogen-bond acceptors (Lipinski definition) is 6. The summed E-state index contributed by atoms with van der Waals surface area (Å²) in [5.74, 6) is 0.476. The molecule has 7 nitrogen and oxygen atoms in total. The average Bonchev–Trinajstić information content (AvgIpc) is 3.21. The number of aromatic nitrogens is 3. The van der Waals surface area contributed by atoms with Crippen LogP contribution in [0.2, 0.25) is 0 Å². The highest BCUT2D eigenvalue weighted by Gasteiger charge is 2.23. The summed E-state index contributed by atoms with van der Waals surface area (Å²) in [5.41, 5.74) is 2.46. The Morgan fingerprint density at radius 3 is 3.08 bits per heavy atom. The van der Waals surface area contributed by atoms with Crippen molar-refractivity contribution >= 4 is 22.8 Å². The molecule has 0 unspecified atom stereocenters. The highest BCUT2D eigenvalue weighted by Crippen LogP contribution is 2.23. The fourth-order valence-corrected chi connectivity index (χ4v) is 3.05. The van der Waals surface area contributed by atoms with Gasteiger partial charge < -0.3 is 14.6 Å². The van der Waals surface area contributed by atoms with Gasteiger partial charge in [0.15, 0.2) is 5.58 Å². The van der Waals surface area contributed by atoms with Gasteiger partial charge in [-0.15, -0.1) is 0 Å². The molecule has 0 saturated carbocycles. The molecular weight excluding hydrogens is 306 g/mol. The lowest BCUT2D eigenvalue weighted by Gasteiger charge is -2.18. The number of benzene rings is 1. The molecule has 1 aliphatic rings. The van der Waals surface area contributed by atoms with Crippen molar-refractivity contribution in [2.24, 2.45) is 13.0 Å². The van der Waals surface area contributed by atoms with E-state index in [-0.39, 0.29) is 5.56 Å². The first-order valence-electron chi connectivity index (χ1n) is 8.07. The van der Waals surface area contributed by atoms with Crippen LogP contribution < -0.4 is 15.8 Å². The first-order chi connectivity index (χ1) is 11.7. The van der Waals surface area contributed by atoms with E-state index in [1.54, 1.807) is 19.3 Å².